The Balaban J connectivity index is 0.784. The SMILES string of the molecule is Cn1c(=O)n(C2CCC(=O)NC2=O)c2ccc(CCN3CCN(CC4CCC(NC(=O)[C@@H]5NC6(CCCCC6)[C@@]6(C(=O)Nc7cc(Cl)ccc76)[C@H]5c5cccc(Cl)c5F)CC4)C[C@@H]3C(=O)O)cc21. The van der Waals surface area contributed by atoms with E-state index in [1.54, 1.807) is 31.3 Å². The van der Waals surface area contributed by atoms with Crippen molar-refractivity contribution in [2.24, 2.45) is 13.0 Å². The second-order valence-corrected chi connectivity index (χ2v) is 20.8. The number of hydrogen-bond acceptors (Lipinski definition) is 9. The van der Waals surface area contributed by atoms with Gasteiger partial charge in [0.25, 0.3) is 0 Å². The molecule has 3 saturated heterocycles. The van der Waals surface area contributed by atoms with Crippen molar-refractivity contribution in [2.75, 3.05) is 38.0 Å². The number of nitrogens with one attached hydrogen (secondary N) is 4. The largest absolute Gasteiger partial charge is 0.480 e. The molecule has 3 aromatic carbocycles. The van der Waals surface area contributed by atoms with Crippen LogP contribution in [0, 0.1) is 11.7 Å². The fourth-order valence-corrected chi connectivity index (χ4v) is 13.3. The van der Waals surface area contributed by atoms with Crippen LogP contribution in [-0.4, -0.2) is 110 Å². The molecule has 2 saturated carbocycles. The molecule has 2 aliphatic carbocycles. The van der Waals surface area contributed by atoms with Crippen molar-refractivity contribution in [1.29, 1.82) is 0 Å². The molecule has 4 aromatic rings. The minimum absolute atomic E-state index is 0.0730. The van der Waals surface area contributed by atoms with Crippen LogP contribution in [0.15, 0.2) is 59.4 Å². The van der Waals surface area contributed by atoms with Crippen molar-refractivity contribution < 1.29 is 33.5 Å². The first-order valence-corrected chi connectivity index (χ1v) is 24.8. The quantitative estimate of drug-likeness (QED) is 0.129. The van der Waals surface area contributed by atoms with Crippen LogP contribution in [0.1, 0.15) is 99.3 Å². The third kappa shape index (κ3) is 7.93. The molecule has 4 aliphatic heterocycles. The van der Waals surface area contributed by atoms with E-state index >= 15 is 4.39 Å². The predicted molar refractivity (Wildman–Crippen MR) is 254 cm³/mol. The molecule has 360 valence electrons. The summed E-state index contributed by atoms with van der Waals surface area (Å²) in [6, 6.07) is 13.2. The Hall–Kier alpha value is -5.13. The van der Waals surface area contributed by atoms with Gasteiger partial charge in [-0.25, -0.2) is 9.18 Å². The van der Waals surface area contributed by atoms with Gasteiger partial charge in [-0.3, -0.25) is 53.5 Å². The molecule has 5 atom stereocenters. The van der Waals surface area contributed by atoms with Gasteiger partial charge in [0.05, 0.1) is 22.1 Å². The predicted octanol–water partition coefficient (Wildman–Crippen LogP) is 5.40. The number of carbonyl (C=O) groups is 5. The number of anilines is 1. The number of hydrogen-bond donors (Lipinski definition) is 5. The number of halogens is 3. The van der Waals surface area contributed by atoms with Crippen LogP contribution in [0.25, 0.3) is 11.0 Å². The molecule has 2 spiro atoms. The number of aryl methyl sites for hydroxylation is 1. The number of carboxylic acid groups (broad SMARTS) is 1. The molecule has 68 heavy (non-hydrogen) atoms. The monoisotopic (exact) mass is 970 g/mol. The summed E-state index contributed by atoms with van der Waals surface area (Å²) in [6.07, 6.45) is 8.08. The summed E-state index contributed by atoms with van der Waals surface area (Å²) in [7, 11) is 1.66. The van der Waals surface area contributed by atoms with Crippen LogP contribution in [0.4, 0.5) is 10.1 Å². The Kier molecular flexibility index (Phi) is 12.6. The fourth-order valence-electron chi connectivity index (χ4n) is 13.0. The molecule has 5 heterocycles. The van der Waals surface area contributed by atoms with Gasteiger partial charge >= 0.3 is 11.7 Å². The van der Waals surface area contributed by atoms with Crippen LogP contribution < -0.4 is 27.0 Å². The van der Waals surface area contributed by atoms with Crippen LogP contribution in [0.2, 0.25) is 10.0 Å². The Bertz CT molecular complexity index is 2770. The lowest BCUT2D eigenvalue weighted by atomic mass is 9.55. The van der Waals surface area contributed by atoms with Crippen molar-refractivity contribution in [1.82, 2.24) is 34.9 Å². The highest BCUT2D eigenvalue weighted by molar-refractivity contribution is 6.31. The number of carbonyl (C=O) groups excluding carboxylic acids is 4. The molecule has 15 nitrogen and oxygen atoms in total. The molecule has 4 amide bonds. The van der Waals surface area contributed by atoms with E-state index in [0.29, 0.717) is 78.7 Å². The van der Waals surface area contributed by atoms with Crippen LogP contribution in [-0.2, 0) is 42.9 Å². The van der Waals surface area contributed by atoms with Gasteiger partial charge in [-0.15, -0.1) is 0 Å². The van der Waals surface area contributed by atoms with E-state index in [9.17, 15) is 33.9 Å². The second kappa shape index (κ2) is 18.3. The summed E-state index contributed by atoms with van der Waals surface area (Å²) in [5, 5.41) is 23.3. The van der Waals surface area contributed by atoms with Crippen LogP contribution in [0.5, 0.6) is 0 Å². The summed E-state index contributed by atoms with van der Waals surface area (Å²) in [5.74, 6) is -3.50. The molecule has 0 radical (unpaired) electrons. The van der Waals surface area contributed by atoms with Crippen LogP contribution >= 0.6 is 23.2 Å². The average Bonchev–Trinajstić information content (AvgIpc) is 3.87. The van der Waals surface area contributed by atoms with Gasteiger partial charge in [0, 0.05) is 74.4 Å². The van der Waals surface area contributed by atoms with Crippen molar-refractivity contribution in [2.45, 2.75) is 118 Å². The number of imide groups is 1. The number of fused-ring (bicyclic) bond motifs is 4. The fraction of sp³-hybridized carbons (Fsp3) is 0.520. The topological polar surface area (TPSA) is 187 Å². The maximum atomic E-state index is 16.4. The van der Waals surface area contributed by atoms with E-state index in [-0.39, 0.29) is 52.9 Å². The van der Waals surface area contributed by atoms with Gasteiger partial charge in [-0.1, -0.05) is 66.7 Å². The molecule has 6 aliphatic rings. The summed E-state index contributed by atoms with van der Waals surface area (Å²) in [6.45, 7) is 2.93. The summed E-state index contributed by atoms with van der Waals surface area (Å²) < 4.78 is 19.3. The van der Waals surface area contributed by atoms with Gasteiger partial charge in [-0.05, 0) is 104 Å². The minimum Gasteiger partial charge on any atom is -0.480 e. The highest BCUT2D eigenvalue weighted by Gasteiger charge is 2.72. The van der Waals surface area contributed by atoms with E-state index in [4.69, 9.17) is 23.2 Å². The van der Waals surface area contributed by atoms with Crippen molar-refractivity contribution in [3.8, 4) is 0 Å². The molecule has 1 unspecified atom stereocenters. The zero-order valence-electron chi connectivity index (χ0n) is 38.0. The van der Waals surface area contributed by atoms with Gasteiger partial charge in [0.1, 0.15) is 23.3 Å². The van der Waals surface area contributed by atoms with Crippen LogP contribution in [0.3, 0.4) is 0 Å². The van der Waals surface area contributed by atoms with Crippen molar-refractivity contribution >= 4 is 69.5 Å². The lowest BCUT2D eigenvalue weighted by Crippen LogP contribution is -2.60. The van der Waals surface area contributed by atoms with Crippen molar-refractivity contribution in [3.63, 3.8) is 0 Å². The Morgan fingerprint density at radius 2 is 1.69 bits per heavy atom. The third-order valence-electron chi connectivity index (χ3n) is 16.2. The standard InChI is InChI=1S/C50H57Cl2FN8O7/c1-58-38-24-28(10-15-36(38)61(48(58)68)37-16-17-40(62)56-44(37)63)18-21-60-23-22-59(27-39(60)46(65)66)26-29-8-12-31(13-9-29)54-45(64)43-41(32-6-5-7-34(52)42(32)53)50(49(57-43)19-3-2-4-20-49)33-14-11-30(51)25-35(33)55-47(50)67/h5-7,10-11,14-15,24-25,29,31,37,39,41,43,57H,2-4,8-9,12-13,16-23,26-27H2,1H3,(H,54,64)(H,55,67)(H,65,66)(H,56,62,63)/t29?,31?,37?,39-,41+,43-,50-/m1/s1. The molecule has 1 aromatic heterocycles. The number of piperidine rings is 1. The van der Waals surface area contributed by atoms with E-state index in [1.807, 2.05) is 29.2 Å². The lowest BCUT2D eigenvalue weighted by molar-refractivity contribution is -0.146. The number of amides is 4. The normalized spacial score (nSPS) is 28.5. The molecular weight excluding hydrogens is 915 g/mol. The van der Waals surface area contributed by atoms with Gasteiger partial charge in [-0.2, -0.15) is 0 Å². The molecule has 5 N–H and O–H groups in total. The van der Waals surface area contributed by atoms with Crippen molar-refractivity contribution in [3.05, 3.63) is 97.6 Å². The highest BCUT2D eigenvalue weighted by Crippen LogP contribution is 2.63. The highest BCUT2D eigenvalue weighted by atomic mass is 35.5. The zero-order chi connectivity index (χ0) is 47.6. The molecule has 5 fully saturated rings. The Labute approximate surface area is 403 Å². The summed E-state index contributed by atoms with van der Waals surface area (Å²) in [5.41, 5.74) is 1.24. The number of carboxylic acids is 1. The minimum atomic E-state index is -1.31. The van der Waals surface area contributed by atoms with Gasteiger partial charge < -0.3 is 15.7 Å². The molecule has 0 bridgehead atoms. The number of nitrogens with zero attached hydrogens (tertiary/aromatic N) is 4. The third-order valence-corrected chi connectivity index (χ3v) is 16.8. The number of imidazole rings is 1. The lowest BCUT2D eigenvalue weighted by Gasteiger charge is -2.47. The van der Waals surface area contributed by atoms with E-state index in [0.717, 1.165) is 57.1 Å². The smallest absolute Gasteiger partial charge is 0.329 e. The Morgan fingerprint density at radius 3 is 2.44 bits per heavy atom. The van der Waals surface area contributed by atoms with Gasteiger partial charge in [0.15, 0.2) is 0 Å². The first-order chi connectivity index (χ1) is 32.7. The molecule has 18 heteroatoms. The zero-order valence-corrected chi connectivity index (χ0v) is 39.5. The first-order valence-electron chi connectivity index (χ1n) is 24.1. The van der Waals surface area contributed by atoms with Gasteiger partial charge in [0.2, 0.25) is 23.6 Å². The number of piperazine rings is 1. The van der Waals surface area contributed by atoms with E-state index < -0.39 is 52.7 Å². The summed E-state index contributed by atoms with van der Waals surface area (Å²) in [4.78, 5) is 84.1. The maximum absolute atomic E-state index is 16.4. The first kappa shape index (κ1) is 46.6. The number of rotatable bonds is 10. The van der Waals surface area contributed by atoms with E-state index in [2.05, 4.69) is 26.2 Å². The van der Waals surface area contributed by atoms with E-state index in [1.165, 1.54) is 15.2 Å². The number of benzene rings is 3. The Morgan fingerprint density at radius 1 is 0.912 bits per heavy atom. The molecule has 10 rings (SSSR count). The number of aliphatic carboxylic acids is 1. The molecular formula is C50H57Cl2FN8O7. The number of aromatic nitrogens is 2. The average molecular weight is 972 g/mol. The summed E-state index contributed by atoms with van der Waals surface area (Å²) >= 11 is 12.9. The maximum Gasteiger partial charge on any atom is 0.329 e. The second-order valence-electron chi connectivity index (χ2n) is 20.0.